The molecule has 108 valence electrons. The quantitative estimate of drug-likeness (QED) is 0.442. The van der Waals surface area contributed by atoms with E-state index < -0.39 is 5.92 Å². The van der Waals surface area contributed by atoms with Crippen molar-refractivity contribution < 1.29 is 18.3 Å². The molecule has 0 aromatic carbocycles. The molecule has 0 bridgehead atoms. The maximum absolute atomic E-state index is 13.2. The number of esters is 1. The average molecular weight is 282 g/mol. The molecule has 0 aromatic rings. The Hall–Kier alpha value is -0.320. The molecule has 0 N–H and O–H groups in total. The highest BCUT2D eigenvalue weighted by atomic mass is 32.2. The average Bonchev–Trinajstić information content (AvgIpc) is 2.31. The van der Waals surface area contributed by atoms with Crippen LogP contribution in [0.5, 0.6) is 0 Å². The predicted octanol–water partition coefficient (Wildman–Crippen LogP) is 4.28. The number of halogens is 2. The van der Waals surface area contributed by atoms with Crippen LogP contribution < -0.4 is 0 Å². The number of carbonyl (C=O) groups excluding carboxylic acids is 1. The third-order valence-electron chi connectivity index (χ3n) is 2.45. The zero-order valence-corrected chi connectivity index (χ0v) is 12.3. The maximum Gasteiger partial charge on any atom is 0.318 e. The monoisotopic (exact) mass is 282 g/mol. The Balaban J connectivity index is 3.68. The standard InChI is InChI=1S/C13H24F2O2S/c1-4-7-13(14,15)8-6-10-18-11(3)12(16)17-9-5-2/h11H,4-10H2,1-3H3. The summed E-state index contributed by atoms with van der Waals surface area (Å²) in [5.74, 6) is -2.23. The number of rotatable bonds is 10. The summed E-state index contributed by atoms with van der Waals surface area (Å²) >= 11 is 1.39. The molecule has 1 unspecified atom stereocenters. The lowest BCUT2D eigenvalue weighted by atomic mass is 10.1. The van der Waals surface area contributed by atoms with Crippen molar-refractivity contribution in [3.63, 3.8) is 0 Å². The molecule has 0 aliphatic rings. The summed E-state index contributed by atoms with van der Waals surface area (Å²) in [5.41, 5.74) is 0. The van der Waals surface area contributed by atoms with Crippen molar-refractivity contribution >= 4 is 17.7 Å². The van der Waals surface area contributed by atoms with Gasteiger partial charge in [-0.3, -0.25) is 4.79 Å². The van der Waals surface area contributed by atoms with E-state index in [-0.39, 0.29) is 24.1 Å². The first-order valence-electron chi connectivity index (χ1n) is 6.59. The highest BCUT2D eigenvalue weighted by molar-refractivity contribution is 8.00. The zero-order valence-electron chi connectivity index (χ0n) is 11.5. The Morgan fingerprint density at radius 1 is 1.28 bits per heavy atom. The first kappa shape index (κ1) is 17.7. The molecule has 0 heterocycles. The van der Waals surface area contributed by atoms with Crippen LogP contribution in [0.15, 0.2) is 0 Å². The van der Waals surface area contributed by atoms with Crippen LogP contribution in [-0.2, 0) is 9.53 Å². The third kappa shape index (κ3) is 8.72. The molecule has 18 heavy (non-hydrogen) atoms. The van der Waals surface area contributed by atoms with Crippen molar-refractivity contribution in [2.24, 2.45) is 0 Å². The van der Waals surface area contributed by atoms with Crippen LogP contribution in [0.4, 0.5) is 8.78 Å². The topological polar surface area (TPSA) is 26.3 Å². The van der Waals surface area contributed by atoms with E-state index in [4.69, 9.17) is 4.74 Å². The van der Waals surface area contributed by atoms with E-state index in [0.29, 0.717) is 25.2 Å². The van der Waals surface area contributed by atoms with E-state index in [2.05, 4.69) is 0 Å². The fraction of sp³-hybridized carbons (Fsp3) is 0.923. The molecule has 2 nitrogen and oxygen atoms in total. The molecule has 0 aromatic heterocycles. The fourth-order valence-corrected chi connectivity index (χ4v) is 2.34. The van der Waals surface area contributed by atoms with Gasteiger partial charge in [0.05, 0.1) is 11.9 Å². The third-order valence-corrected chi connectivity index (χ3v) is 3.67. The first-order chi connectivity index (χ1) is 8.43. The van der Waals surface area contributed by atoms with Gasteiger partial charge in [0.1, 0.15) is 0 Å². The van der Waals surface area contributed by atoms with Crippen molar-refractivity contribution in [1.29, 1.82) is 0 Å². The van der Waals surface area contributed by atoms with Gasteiger partial charge < -0.3 is 4.74 Å². The molecule has 0 rings (SSSR count). The van der Waals surface area contributed by atoms with Gasteiger partial charge in [0.25, 0.3) is 0 Å². The molecule has 5 heteroatoms. The minimum atomic E-state index is -2.55. The Bertz CT molecular complexity index is 235. The second kappa shape index (κ2) is 9.59. The SMILES string of the molecule is CCCOC(=O)C(C)SCCCC(F)(F)CCC. The highest BCUT2D eigenvalue weighted by Gasteiger charge is 2.26. The molecule has 0 aliphatic carbocycles. The van der Waals surface area contributed by atoms with Gasteiger partial charge in [-0.2, -0.15) is 0 Å². The fourth-order valence-electron chi connectivity index (χ4n) is 1.47. The molecule has 0 radical (unpaired) electrons. The second-order valence-electron chi connectivity index (χ2n) is 4.39. The van der Waals surface area contributed by atoms with Crippen LogP contribution in [0.2, 0.25) is 0 Å². The van der Waals surface area contributed by atoms with Gasteiger partial charge in [-0.25, -0.2) is 8.78 Å². The van der Waals surface area contributed by atoms with Gasteiger partial charge in [0.15, 0.2) is 0 Å². The predicted molar refractivity (Wildman–Crippen MR) is 72.3 cm³/mol. The molecule has 0 spiro atoms. The van der Waals surface area contributed by atoms with Gasteiger partial charge in [0, 0.05) is 12.8 Å². The minimum absolute atomic E-state index is 0.0498. The van der Waals surface area contributed by atoms with Gasteiger partial charge in [0.2, 0.25) is 5.92 Å². The summed E-state index contributed by atoms with van der Waals surface area (Å²) in [6.07, 6.45) is 1.59. The summed E-state index contributed by atoms with van der Waals surface area (Å²) in [4.78, 5) is 11.4. The number of hydrogen-bond donors (Lipinski definition) is 0. The number of ether oxygens (including phenoxy) is 1. The molecule has 0 aliphatic heterocycles. The Labute approximate surface area is 113 Å². The van der Waals surface area contributed by atoms with Crippen LogP contribution in [0.25, 0.3) is 0 Å². The van der Waals surface area contributed by atoms with Gasteiger partial charge >= 0.3 is 5.97 Å². The van der Waals surface area contributed by atoms with Crippen LogP contribution in [0, 0.1) is 0 Å². The van der Waals surface area contributed by atoms with Crippen molar-refractivity contribution in [1.82, 2.24) is 0 Å². The van der Waals surface area contributed by atoms with Crippen molar-refractivity contribution in [3.05, 3.63) is 0 Å². The first-order valence-corrected chi connectivity index (χ1v) is 7.64. The Morgan fingerprint density at radius 3 is 2.50 bits per heavy atom. The number of hydrogen-bond acceptors (Lipinski definition) is 3. The van der Waals surface area contributed by atoms with Crippen LogP contribution in [0.1, 0.15) is 52.9 Å². The minimum Gasteiger partial charge on any atom is -0.465 e. The molecule has 0 saturated carbocycles. The van der Waals surface area contributed by atoms with E-state index in [1.54, 1.807) is 13.8 Å². The smallest absolute Gasteiger partial charge is 0.318 e. The van der Waals surface area contributed by atoms with Crippen LogP contribution in [-0.4, -0.2) is 29.5 Å². The van der Waals surface area contributed by atoms with Gasteiger partial charge in [-0.15, -0.1) is 11.8 Å². The second-order valence-corrected chi connectivity index (χ2v) is 5.84. The number of thioether (sulfide) groups is 1. The summed E-state index contributed by atoms with van der Waals surface area (Å²) in [7, 11) is 0. The molecule has 0 fully saturated rings. The lowest BCUT2D eigenvalue weighted by molar-refractivity contribution is -0.142. The van der Waals surface area contributed by atoms with Gasteiger partial charge in [-0.05, 0) is 25.5 Å². The highest BCUT2D eigenvalue weighted by Crippen LogP contribution is 2.27. The number of carbonyl (C=O) groups is 1. The van der Waals surface area contributed by atoms with E-state index in [1.807, 2.05) is 6.92 Å². The summed E-state index contributed by atoms with van der Waals surface area (Å²) in [6.45, 7) is 5.88. The van der Waals surface area contributed by atoms with Crippen LogP contribution in [0.3, 0.4) is 0 Å². The zero-order chi connectivity index (χ0) is 14.0. The Morgan fingerprint density at radius 2 is 1.94 bits per heavy atom. The normalized spacial score (nSPS) is 13.4. The largest absolute Gasteiger partial charge is 0.465 e. The van der Waals surface area contributed by atoms with Crippen molar-refractivity contribution in [2.45, 2.75) is 64.0 Å². The van der Waals surface area contributed by atoms with Crippen molar-refractivity contribution in [2.75, 3.05) is 12.4 Å². The van der Waals surface area contributed by atoms with Crippen molar-refractivity contribution in [3.8, 4) is 0 Å². The van der Waals surface area contributed by atoms with E-state index in [0.717, 1.165) is 6.42 Å². The summed E-state index contributed by atoms with van der Waals surface area (Å²) < 4.78 is 31.3. The molecule has 0 amide bonds. The molecular weight excluding hydrogens is 258 g/mol. The van der Waals surface area contributed by atoms with E-state index >= 15 is 0 Å². The number of alkyl halides is 2. The Kier molecular flexibility index (Phi) is 9.42. The molecular formula is C13H24F2O2S. The lowest BCUT2D eigenvalue weighted by Crippen LogP contribution is -2.19. The van der Waals surface area contributed by atoms with Crippen LogP contribution >= 0.6 is 11.8 Å². The van der Waals surface area contributed by atoms with E-state index in [1.165, 1.54) is 11.8 Å². The van der Waals surface area contributed by atoms with Gasteiger partial charge in [-0.1, -0.05) is 20.3 Å². The summed E-state index contributed by atoms with van der Waals surface area (Å²) in [6, 6.07) is 0. The van der Waals surface area contributed by atoms with E-state index in [9.17, 15) is 13.6 Å². The maximum atomic E-state index is 13.2. The molecule has 1 atom stereocenters. The molecule has 0 saturated heterocycles. The summed E-state index contributed by atoms with van der Waals surface area (Å²) in [5, 5.41) is -0.267. The lowest BCUT2D eigenvalue weighted by Gasteiger charge is -2.15.